The molecule has 0 bridgehead atoms. The van der Waals surface area contributed by atoms with E-state index < -0.39 is 17.1 Å². The Morgan fingerprint density at radius 2 is 2.17 bits per heavy atom. The van der Waals surface area contributed by atoms with Crippen molar-refractivity contribution in [2.45, 2.75) is 31.4 Å². The van der Waals surface area contributed by atoms with Crippen LogP contribution in [0, 0.1) is 16.0 Å². The summed E-state index contributed by atoms with van der Waals surface area (Å²) in [6.45, 7) is 0. The lowest BCUT2D eigenvalue weighted by atomic mass is 9.77. The van der Waals surface area contributed by atoms with Crippen LogP contribution in [0.2, 0.25) is 5.02 Å². The molecule has 1 aromatic rings. The first-order chi connectivity index (χ1) is 8.50. The summed E-state index contributed by atoms with van der Waals surface area (Å²) < 4.78 is 0. The second-order valence-electron chi connectivity index (χ2n) is 4.68. The van der Waals surface area contributed by atoms with Crippen molar-refractivity contribution in [3.8, 4) is 0 Å². The predicted molar refractivity (Wildman–Crippen MR) is 68.4 cm³/mol. The molecule has 1 aliphatic rings. The molecular formula is C12H15ClN2O3. The molecule has 0 amide bonds. The van der Waals surface area contributed by atoms with Crippen LogP contribution in [-0.2, 0) is 0 Å². The summed E-state index contributed by atoms with van der Waals surface area (Å²) in [6.07, 6.45) is 2.38. The van der Waals surface area contributed by atoms with Crippen LogP contribution in [0.4, 0.5) is 5.69 Å². The maximum Gasteiger partial charge on any atom is 0.288 e. The number of halogens is 1. The fraction of sp³-hybridized carbons (Fsp3) is 0.500. The topological polar surface area (TPSA) is 89.4 Å². The summed E-state index contributed by atoms with van der Waals surface area (Å²) in [5.74, 6) is 0.203. The number of aliphatic hydroxyl groups excluding tert-OH is 1. The number of nitro groups is 1. The van der Waals surface area contributed by atoms with Crippen LogP contribution in [0.1, 0.15) is 30.9 Å². The highest BCUT2D eigenvalue weighted by molar-refractivity contribution is 6.32. The standard InChI is InChI=1S/C12H15ClN2O3/c13-9-5-4-8(6-10(9)15(17)18)11(14)12(16)7-2-1-3-7/h4-7,11-12,16H,1-3,14H2/t11-,12+/m0/s1. The quantitative estimate of drug-likeness (QED) is 0.649. The Kier molecular flexibility index (Phi) is 3.85. The zero-order chi connectivity index (χ0) is 13.3. The van der Waals surface area contributed by atoms with E-state index in [0.29, 0.717) is 5.56 Å². The number of nitro benzene ring substituents is 1. The number of aliphatic hydroxyl groups is 1. The maximum atomic E-state index is 10.8. The van der Waals surface area contributed by atoms with E-state index in [1.165, 1.54) is 12.1 Å². The molecule has 0 aromatic heterocycles. The largest absolute Gasteiger partial charge is 0.391 e. The molecule has 1 saturated carbocycles. The molecule has 1 fully saturated rings. The van der Waals surface area contributed by atoms with Gasteiger partial charge in [-0.25, -0.2) is 0 Å². The number of hydrogen-bond donors (Lipinski definition) is 2. The number of nitrogens with zero attached hydrogens (tertiary/aromatic N) is 1. The summed E-state index contributed by atoms with van der Waals surface area (Å²) in [6, 6.07) is 3.81. The van der Waals surface area contributed by atoms with Crippen LogP contribution >= 0.6 is 11.6 Å². The van der Waals surface area contributed by atoms with Crippen molar-refractivity contribution in [3.05, 3.63) is 38.9 Å². The zero-order valence-corrected chi connectivity index (χ0v) is 10.5. The molecule has 18 heavy (non-hydrogen) atoms. The van der Waals surface area contributed by atoms with E-state index in [1.54, 1.807) is 6.07 Å². The number of benzene rings is 1. The second kappa shape index (κ2) is 5.22. The third-order valence-corrected chi connectivity index (χ3v) is 3.87. The van der Waals surface area contributed by atoms with E-state index in [4.69, 9.17) is 17.3 Å². The molecule has 2 rings (SSSR count). The van der Waals surface area contributed by atoms with Gasteiger partial charge in [0.2, 0.25) is 0 Å². The van der Waals surface area contributed by atoms with E-state index in [0.717, 1.165) is 19.3 Å². The third-order valence-electron chi connectivity index (χ3n) is 3.55. The SMILES string of the molecule is N[C@@H](c1ccc(Cl)c([N+](=O)[O-])c1)[C@H](O)C1CCC1. The minimum atomic E-state index is -0.653. The fourth-order valence-electron chi connectivity index (χ4n) is 2.15. The van der Waals surface area contributed by atoms with Gasteiger partial charge in [0.25, 0.3) is 5.69 Å². The van der Waals surface area contributed by atoms with Crippen LogP contribution in [0.5, 0.6) is 0 Å². The van der Waals surface area contributed by atoms with Crippen molar-refractivity contribution >= 4 is 17.3 Å². The molecule has 5 nitrogen and oxygen atoms in total. The van der Waals surface area contributed by atoms with Crippen LogP contribution in [0.15, 0.2) is 18.2 Å². The van der Waals surface area contributed by atoms with E-state index in [9.17, 15) is 15.2 Å². The molecule has 0 saturated heterocycles. The number of nitrogens with two attached hydrogens (primary N) is 1. The molecule has 98 valence electrons. The van der Waals surface area contributed by atoms with Gasteiger partial charge in [-0.05, 0) is 30.4 Å². The first-order valence-corrected chi connectivity index (χ1v) is 6.26. The highest BCUT2D eigenvalue weighted by atomic mass is 35.5. The zero-order valence-electron chi connectivity index (χ0n) is 9.75. The lowest BCUT2D eigenvalue weighted by Gasteiger charge is -2.33. The van der Waals surface area contributed by atoms with Crippen molar-refractivity contribution in [2.24, 2.45) is 11.7 Å². The Balaban J connectivity index is 2.21. The molecule has 0 radical (unpaired) electrons. The third kappa shape index (κ3) is 2.48. The second-order valence-corrected chi connectivity index (χ2v) is 5.08. The summed E-state index contributed by atoms with van der Waals surface area (Å²) in [7, 11) is 0. The van der Waals surface area contributed by atoms with Crippen LogP contribution in [0.3, 0.4) is 0 Å². The molecule has 6 heteroatoms. The van der Waals surface area contributed by atoms with Crippen molar-refractivity contribution in [1.82, 2.24) is 0 Å². The van der Waals surface area contributed by atoms with Crippen LogP contribution < -0.4 is 5.73 Å². The Morgan fingerprint density at radius 1 is 1.50 bits per heavy atom. The van der Waals surface area contributed by atoms with Gasteiger partial charge in [-0.3, -0.25) is 10.1 Å². The average molecular weight is 271 g/mol. The van der Waals surface area contributed by atoms with Gasteiger partial charge in [0.1, 0.15) is 5.02 Å². The predicted octanol–water partition coefficient (Wildman–Crippen LogP) is 2.41. The first kappa shape index (κ1) is 13.3. The lowest BCUT2D eigenvalue weighted by molar-refractivity contribution is -0.384. The highest BCUT2D eigenvalue weighted by Gasteiger charge is 2.31. The molecule has 0 unspecified atom stereocenters. The van der Waals surface area contributed by atoms with Crippen LogP contribution in [0.25, 0.3) is 0 Å². The summed E-state index contributed by atoms with van der Waals surface area (Å²) >= 11 is 5.73. The Hall–Kier alpha value is -1.17. The molecule has 0 aliphatic heterocycles. The molecule has 1 aromatic carbocycles. The molecular weight excluding hydrogens is 256 g/mol. The smallest absolute Gasteiger partial charge is 0.288 e. The van der Waals surface area contributed by atoms with E-state index in [2.05, 4.69) is 0 Å². The average Bonchev–Trinajstić information content (AvgIpc) is 2.26. The minimum Gasteiger partial charge on any atom is -0.391 e. The van der Waals surface area contributed by atoms with Crippen molar-refractivity contribution in [1.29, 1.82) is 0 Å². The van der Waals surface area contributed by atoms with Crippen molar-refractivity contribution in [2.75, 3.05) is 0 Å². The Labute approximate surface area is 110 Å². The van der Waals surface area contributed by atoms with Gasteiger partial charge in [0.15, 0.2) is 0 Å². The molecule has 0 spiro atoms. The maximum absolute atomic E-state index is 10.8. The Morgan fingerprint density at radius 3 is 2.67 bits per heavy atom. The van der Waals surface area contributed by atoms with Crippen molar-refractivity contribution in [3.63, 3.8) is 0 Å². The fourth-order valence-corrected chi connectivity index (χ4v) is 2.34. The van der Waals surface area contributed by atoms with E-state index in [1.807, 2.05) is 0 Å². The summed E-state index contributed by atoms with van der Waals surface area (Å²) in [4.78, 5) is 10.2. The summed E-state index contributed by atoms with van der Waals surface area (Å²) in [5, 5.41) is 20.9. The van der Waals surface area contributed by atoms with Gasteiger partial charge >= 0.3 is 0 Å². The van der Waals surface area contributed by atoms with Gasteiger partial charge in [-0.2, -0.15) is 0 Å². The normalized spacial score (nSPS) is 19.1. The van der Waals surface area contributed by atoms with Gasteiger partial charge < -0.3 is 10.8 Å². The van der Waals surface area contributed by atoms with E-state index >= 15 is 0 Å². The highest BCUT2D eigenvalue weighted by Crippen LogP contribution is 2.35. The van der Waals surface area contributed by atoms with Crippen molar-refractivity contribution < 1.29 is 10.0 Å². The summed E-state index contributed by atoms with van der Waals surface area (Å²) in [5.41, 5.74) is 6.32. The van der Waals surface area contributed by atoms with Gasteiger partial charge in [-0.1, -0.05) is 24.1 Å². The first-order valence-electron chi connectivity index (χ1n) is 5.88. The lowest BCUT2D eigenvalue weighted by Crippen LogP contribution is -2.36. The molecule has 0 heterocycles. The molecule has 1 aliphatic carbocycles. The van der Waals surface area contributed by atoms with Gasteiger partial charge in [-0.15, -0.1) is 0 Å². The molecule has 3 N–H and O–H groups in total. The van der Waals surface area contributed by atoms with Gasteiger partial charge in [0, 0.05) is 6.07 Å². The van der Waals surface area contributed by atoms with E-state index in [-0.39, 0.29) is 16.6 Å². The van der Waals surface area contributed by atoms with Crippen LogP contribution in [-0.4, -0.2) is 16.1 Å². The number of rotatable bonds is 4. The monoisotopic (exact) mass is 270 g/mol. The molecule has 2 atom stereocenters. The van der Waals surface area contributed by atoms with Gasteiger partial charge in [0.05, 0.1) is 17.1 Å². The number of hydrogen-bond acceptors (Lipinski definition) is 4. The minimum absolute atomic E-state index is 0.0779. The Bertz CT molecular complexity index is 463.